The second kappa shape index (κ2) is 12.2. The third kappa shape index (κ3) is 7.49. The summed E-state index contributed by atoms with van der Waals surface area (Å²) >= 11 is 0. The molecule has 1 N–H and O–H groups in total. The standard InChI is InChI=1S/C24H33N3O5S/c1-5-22(24(29)25-2)26(18-19-13-15-21(32-3)16-14-19)23(28)12-9-17-27(33(4,30)31)20-10-7-6-8-11-20/h6-8,10-11,13-16,22H,5,9,12,17-18H2,1-4H3,(H,25,29)/t22-/m1/s1. The maximum Gasteiger partial charge on any atom is 0.242 e. The van der Waals surface area contributed by atoms with E-state index in [2.05, 4.69) is 5.32 Å². The fourth-order valence-electron chi connectivity index (χ4n) is 3.61. The highest BCUT2D eigenvalue weighted by molar-refractivity contribution is 7.92. The van der Waals surface area contributed by atoms with Gasteiger partial charge in [-0.3, -0.25) is 13.9 Å². The van der Waals surface area contributed by atoms with E-state index >= 15 is 0 Å². The molecule has 9 heteroatoms. The van der Waals surface area contributed by atoms with E-state index in [1.54, 1.807) is 43.3 Å². The van der Waals surface area contributed by atoms with Crippen LogP contribution in [0.15, 0.2) is 54.6 Å². The van der Waals surface area contributed by atoms with Crippen molar-refractivity contribution in [3.63, 3.8) is 0 Å². The number of anilines is 1. The molecule has 0 aliphatic heterocycles. The number of para-hydroxylation sites is 1. The molecule has 0 unspecified atom stereocenters. The molecule has 0 saturated heterocycles. The van der Waals surface area contributed by atoms with Crippen LogP contribution in [0.2, 0.25) is 0 Å². The van der Waals surface area contributed by atoms with Gasteiger partial charge in [0.05, 0.1) is 19.1 Å². The first kappa shape index (κ1) is 26.2. The van der Waals surface area contributed by atoms with Crippen LogP contribution in [-0.2, 0) is 26.2 Å². The number of carbonyl (C=O) groups excluding carboxylic acids is 2. The molecule has 1 atom stereocenters. The van der Waals surface area contributed by atoms with E-state index in [1.165, 1.54) is 4.31 Å². The van der Waals surface area contributed by atoms with E-state index in [0.29, 0.717) is 24.3 Å². The van der Waals surface area contributed by atoms with Gasteiger partial charge in [-0.25, -0.2) is 8.42 Å². The second-order valence-corrected chi connectivity index (χ2v) is 9.59. The maximum absolute atomic E-state index is 13.2. The highest BCUT2D eigenvalue weighted by Crippen LogP contribution is 2.20. The number of nitrogens with zero attached hydrogens (tertiary/aromatic N) is 2. The quantitative estimate of drug-likeness (QED) is 0.509. The van der Waals surface area contributed by atoms with Crippen LogP contribution in [0.1, 0.15) is 31.7 Å². The summed E-state index contributed by atoms with van der Waals surface area (Å²) in [4.78, 5) is 27.2. The number of hydrogen-bond donors (Lipinski definition) is 1. The van der Waals surface area contributed by atoms with Gasteiger partial charge in [0.2, 0.25) is 21.8 Å². The normalized spacial score (nSPS) is 12.0. The predicted octanol–water partition coefficient (Wildman–Crippen LogP) is 2.79. The van der Waals surface area contributed by atoms with Gasteiger partial charge < -0.3 is 15.0 Å². The van der Waals surface area contributed by atoms with E-state index in [-0.39, 0.29) is 31.3 Å². The van der Waals surface area contributed by atoms with Gasteiger partial charge >= 0.3 is 0 Å². The van der Waals surface area contributed by atoms with E-state index in [4.69, 9.17) is 4.74 Å². The van der Waals surface area contributed by atoms with Gasteiger partial charge in [0, 0.05) is 26.6 Å². The molecule has 2 rings (SSSR count). The van der Waals surface area contributed by atoms with Gasteiger partial charge in [0.1, 0.15) is 11.8 Å². The van der Waals surface area contributed by atoms with Gasteiger partial charge in [-0.1, -0.05) is 37.3 Å². The maximum atomic E-state index is 13.2. The molecular weight excluding hydrogens is 442 g/mol. The van der Waals surface area contributed by atoms with Crippen LogP contribution >= 0.6 is 0 Å². The van der Waals surface area contributed by atoms with Crippen molar-refractivity contribution in [1.29, 1.82) is 0 Å². The van der Waals surface area contributed by atoms with Crippen molar-refractivity contribution in [3.05, 3.63) is 60.2 Å². The predicted molar refractivity (Wildman–Crippen MR) is 130 cm³/mol. The average Bonchev–Trinajstić information content (AvgIpc) is 2.81. The third-order valence-electron chi connectivity index (χ3n) is 5.34. The first-order valence-electron chi connectivity index (χ1n) is 10.9. The molecule has 180 valence electrons. The van der Waals surface area contributed by atoms with E-state index in [1.807, 2.05) is 37.3 Å². The van der Waals surface area contributed by atoms with Crippen molar-refractivity contribution in [2.24, 2.45) is 0 Å². The topological polar surface area (TPSA) is 96.0 Å². The van der Waals surface area contributed by atoms with Crippen LogP contribution in [0.25, 0.3) is 0 Å². The Morgan fingerprint density at radius 2 is 1.70 bits per heavy atom. The number of likely N-dealkylation sites (N-methyl/N-ethyl adjacent to an activating group) is 1. The number of rotatable bonds is 12. The minimum atomic E-state index is -3.50. The Morgan fingerprint density at radius 3 is 2.21 bits per heavy atom. The lowest BCUT2D eigenvalue weighted by Crippen LogP contribution is -2.48. The molecule has 0 heterocycles. The second-order valence-electron chi connectivity index (χ2n) is 7.68. The van der Waals surface area contributed by atoms with Crippen LogP contribution in [0.4, 0.5) is 5.69 Å². The van der Waals surface area contributed by atoms with Crippen molar-refractivity contribution in [3.8, 4) is 5.75 Å². The SMILES string of the molecule is CC[C@H](C(=O)NC)N(Cc1ccc(OC)cc1)C(=O)CCCN(c1ccccc1)S(C)(=O)=O. The summed E-state index contributed by atoms with van der Waals surface area (Å²) in [6, 6.07) is 15.5. The summed E-state index contributed by atoms with van der Waals surface area (Å²) in [6.45, 7) is 2.29. The number of ether oxygens (including phenoxy) is 1. The monoisotopic (exact) mass is 475 g/mol. The lowest BCUT2D eigenvalue weighted by atomic mass is 10.1. The van der Waals surface area contributed by atoms with E-state index in [9.17, 15) is 18.0 Å². The van der Waals surface area contributed by atoms with Crippen molar-refractivity contribution in [2.45, 2.75) is 38.8 Å². The van der Waals surface area contributed by atoms with Crippen LogP contribution in [0.5, 0.6) is 5.75 Å². The van der Waals surface area contributed by atoms with Gasteiger partial charge in [-0.2, -0.15) is 0 Å². The summed E-state index contributed by atoms with van der Waals surface area (Å²) < 4.78 is 31.1. The smallest absolute Gasteiger partial charge is 0.242 e. The molecule has 0 saturated carbocycles. The van der Waals surface area contributed by atoms with E-state index in [0.717, 1.165) is 11.8 Å². The largest absolute Gasteiger partial charge is 0.497 e. The zero-order valence-corrected chi connectivity index (χ0v) is 20.5. The zero-order valence-electron chi connectivity index (χ0n) is 19.7. The number of sulfonamides is 1. The first-order valence-corrected chi connectivity index (χ1v) is 12.7. The number of nitrogens with one attached hydrogen (secondary N) is 1. The van der Waals surface area contributed by atoms with Gasteiger partial charge in [-0.05, 0) is 42.7 Å². The summed E-state index contributed by atoms with van der Waals surface area (Å²) in [5.41, 5.74) is 1.42. The summed E-state index contributed by atoms with van der Waals surface area (Å²) in [6.07, 6.45) is 2.05. The van der Waals surface area contributed by atoms with Gasteiger partial charge in [-0.15, -0.1) is 0 Å². The Bertz CT molecular complexity index is 1010. The Labute approximate surface area is 196 Å². The Balaban J connectivity index is 2.16. The molecule has 0 bridgehead atoms. The molecule has 2 aromatic carbocycles. The van der Waals surface area contributed by atoms with Crippen LogP contribution in [0.3, 0.4) is 0 Å². The van der Waals surface area contributed by atoms with Gasteiger partial charge in [0.25, 0.3) is 0 Å². The van der Waals surface area contributed by atoms with Crippen molar-refractivity contribution < 1.29 is 22.7 Å². The number of carbonyl (C=O) groups is 2. The molecule has 0 fully saturated rings. The van der Waals surface area contributed by atoms with Crippen LogP contribution < -0.4 is 14.4 Å². The summed E-state index contributed by atoms with van der Waals surface area (Å²) in [7, 11) is -0.369. The van der Waals surface area contributed by atoms with E-state index < -0.39 is 16.1 Å². The van der Waals surface area contributed by atoms with Crippen LogP contribution in [-0.4, -0.2) is 58.1 Å². The number of amides is 2. The van der Waals surface area contributed by atoms with Crippen molar-refractivity contribution in [1.82, 2.24) is 10.2 Å². The Hall–Kier alpha value is -3.07. The van der Waals surface area contributed by atoms with Crippen LogP contribution in [0, 0.1) is 0 Å². The molecule has 0 spiro atoms. The fourth-order valence-corrected chi connectivity index (χ4v) is 4.58. The lowest BCUT2D eigenvalue weighted by Gasteiger charge is -2.30. The molecule has 0 radical (unpaired) electrons. The third-order valence-corrected chi connectivity index (χ3v) is 6.53. The lowest BCUT2D eigenvalue weighted by molar-refractivity contribution is -0.141. The summed E-state index contributed by atoms with van der Waals surface area (Å²) in [5, 5.41) is 2.63. The zero-order chi connectivity index (χ0) is 24.4. The minimum Gasteiger partial charge on any atom is -0.497 e. The minimum absolute atomic E-state index is 0.114. The Kier molecular flexibility index (Phi) is 9.72. The molecule has 33 heavy (non-hydrogen) atoms. The number of benzene rings is 2. The first-order chi connectivity index (χ1) is 15.7. The number of methoxy groups -OCH3 is 1. The van der Waals surface area contributed by atoms with Crippen molar-refractivity contribution in [2.75, 3.05) is 31.3 Å². The highest BCUT2D eigenvalue weighted by Gasteiger charge is 2.28. The molecule has 0 aliphatic carbocycles. The number of hydrogen-bond acceptors (Lipinski definition) is 5. The molecular formula is C24H33N3O5S. The molecule has 2 amide bonds. The van der Waals surface area contributed by atoms with Gasteiger partial charge in [0.15, 0.2) is 0 Å². The fraction of sp³-hybridized carbons (Fsp3) is 0.417. The molecule has 2 aromatic rings. The highest BCUT2D eigenvalue weighted by atomic mass is 32.2. The molecule has 8 nitrogen and oxygen atoms in total. The van der Waals surface area contributed by atoms with Crippen molar-refractivity contribution >= 4 is 27.5 Å². The summed E-state index contributed by atoms with van der Waals surface area (Å²) in [5.74, 6) is 0.265. The average molecular weight is 476 g/mol. The Morgan fingerprint density at radius 1 is 1.06 bits per heavy atom. The molecule has 0 aliphatic rings. The molecule has 0 aromatic heterocycles.